The van der Waals surface area contributed by atoms with Gasteiger partial charge in [0.25, 0.3) is 0 Å². The van der Waals surface area contributed by atoms with E-state index in [-0.39, 0.29) is 22.2 Å². The standard InChI is InChI=1S/C52H44O2/c1-54-31(53)8-5-19-50(20-6-3-2-4-7-20)51-29-17-18-30-28-16-14-26-24-12-10-22-21-9-11-23-25-13-15-27(29)38-36(25)41-34(23)32(21)40-33(22)35(24)42-37(26)39(28)49(52(30,50)51)47-45(42)43(40)44(41)46(47)48(38)51/h2-4,6-7,9-16,21-30,32-39H,5,8,17-19H2,1H3. The third-order valence-electron chi connectivity index (χ3n) is 21.9. The molecule has 8 saturated carbocycles. The van der Waals surface area contributed by atoms with Gasteiger partial charge in [0.1, 0.15) is 0 Å². The van der Waals surface area contributed by atoms with Crippen LogP contribution >= 0.6 is 0 Å². The molecule has 20 unspecified atom stereocenters. The second-order valence-corrected chi connectivity index (χ2v) is 21.5. The van der Waals surface area contributed by atoms with Gasteiger partial charge in [0, 0.05) is 22.7 Å². The fourth-order valence-electron chi connectivity index (χ4n) is 22.2. The Morgan fingerprint density at radius 1 is 0.556 bits per heavy atom. The van der Waals surface area contributed by atoms with E-state index in [2.05, 4.69) is 78.9 Å². The van der Waals surface area contributed by atoms with E-state index in [0.717, 1.165) is 36.5 Å². The Kier molecular flexibility index (Phi) is 3.80. The molecule has 18 rings (SSSR count). The lowest BCUT2D eigenvalue weighted by molar-refractivity contribution is -0.140. The van der Waals surface area contributed by atoms with E-state index in [0.29, 0.717) is 89.3 Å². The second-order valence-electron chi connectivity index (χ2n) is 21.5. The minimum absolute atomic E-state index is 0.0291. The van der Waals surface area contributed by atoms with Crippen LogP contribution in [0.15, 0.2) is 135 Å². The third-order valence-corrected chi connectivity index (χ3v) is 21.9. The molecule has 17 aliphatic carbocycles. The summed E-state index contributed by atoms with van der Waals surface area (Å²) in [5.74, 6) is 12.3. The topological polar surface area (TPSA) is 26.3 Å². The number of esters is 1. The summed E-state index contributed by atoms with van der Waals surface area (Å²) < 4.78 is 5.36. The van der Waals surface area contributed by atoms with Crippen molar-refractivity contribution >= 4 is 5.97 Å². The number of carbonyl (C=O) groups is 1. The highest BCUT2D eigenvalue weighted by Gasteiger charge is 3.00. The maximum atomic E-state index is 13.0. The van der Waals surface area contributed by atoms with Gasteiger partial charge < -0.3 is 4.74 Å². The van der Waals surface area contributed by atoms with Crippen molar-refractivity contribution in [2.24, 2.45) is 117 Å². The zero-order chi connectivity index (χ0) is 34.3. The molecule has 0 heterocycles. The molecule has 1 aromatic rings. The Hall–Kier alpha value is -3.65. The SMILES string of the molecule is COC(=O)CCCC1(c2ccccc2)C23C4=C5C6=C7C8C9C=CC%10C%11C=CC%12C%13C=CC%14C%15C(=C5C5=C(C%12C%11C(=C65)C%108)C%13%15)C12C%14CCC3C1C=CC9C7C41. The van der Waals surface area contributed by atoms with Gasteiger partial charge in [-0.05, 0) is 177 Å². The second kappa shape index (κ2) is 7.58. The van der Waals surface area contributed by atoms with Crippen molar-refractivity contribution in [1.82, 2.24) is 0 Å². The monoisotopic (exact) mass is 700 g/mol. The van der Waals surface area contributed by atoms with Gasteiger partial charge in [0.05, 0.1) is 7.11 Å². The van der Waals surface area contributed by atoms with Gasteiger partial charge in [-0.25, -0.2) is 0 Å². The Bertz CT molecular complexity index is 2440. The molecule has 264 valence electrons. The first-order chi connectivity index (χ1) is 26.7. The zero-order valence-corrected chi connectivity index (χ0v) is 30.7. The van der Waals surface area contributed by atoms with Crippen LogP contribution in [0.1, 0.15) is 37.7 Å². The highest BCUT2D eigenvalue weighted by atomic mass is 16.5. The number of carbonyl (C=O) groups excluding carboxylic acids is 1. The molecule has 8 fully saturated rings. The predicted molar refractivity (Wildman–Crippen MR) is 203 cm³/mol. The number of rotatable bonds is 5. The van der Waals surface area contributed by atoms with E-state index in [1.54, 1.807) is 12.7 Å². The highest BCUT2D eigenvalue weighted by Crippen LogP contribution is 3.03. The Morgan fingerprint density at radius 2 is 0.963 bits per heavy atom. The largest absolute Gasteiger partial charge is 0.469 e. The van der Waals surface area contributed by atoms with E-state index in [1.807, 2.05) is 55.7 Å². The maximum Gasteiger partial charge on any atom is 0.305 e. The molecule has 2 heteroatoms. The van der Waals surface area contributed by atoms with Gasteiger partial charge in [-0.15, -0.1) is 0 Å². The van der Waals surface area contributed by atoms with Crippen LogP contribution in [0, 0.1) is 117 Å². The normalized spacial score (nSPS) is 58.9. The average molecular weight is 701 g/mol. The molecule has 2 nitrogen and oxygen atoms in total. The molecule has 0 radical (unpaired) electrons. The number of ether oxygens (including phenoxy) is 1. The number of hydrogen-bond acceptors (Lipinski definition) is 2. The van der Waals surface area contributed by atoms with Gasteiger partial charge in [-0.2, -0.15) is 0 Å². The lowest BCUT2D eigenvalue weighted by Crippen LogP contribution is -2.36. The average Bonchev–Trinajstić information content (AvgIpc) is 3.86. The first-order valence-corrected chi connectivity index (χ1v) is 22.3. The van der Waals surface area contributed by atoms with Gasteiger partial charge in [0.2, 0.25) is 0 Å². The lowest BCUT2D eigenvalue weighted by Gasteiger charge is -2.45. The Morgan fingerprint density at radius 3 is 1.41 bits per heavy atom. The number of hydrogen-bond donors (Lipinski definition) is 0. The summed E-state index contributed by atoms with van der Waals surface area (Å²) in [5.41, 5.74) is 21.4. The Labute approximate surface area is 316 Å². The van der Waals surface area contributed by atoms with Crippen LogP contribution in [0.4, 0.5) is 0 Å². The van der Waals surface area contributed by atoms with Crippen molar-refractivity contribution in [3.63, 3.8) is 0 Å². The summed E-state index contributed by atoms with van der Waals surface area (Å²) in [6.07, 6.45) is 28.0. The van der Waals surface area contributed by atoms with Crippen LogP contribution in [0.3, 0.4) is 0 Å². The molecule has 2 spiro atoms. The molecule has 0 saturated heterocycles. The van der Waals surface area contributed by atoms with E-state index in [1.165, 1.54) is 12.8 Å². The molecule has 0 amide bonds. The van der Waals surface area contributed by atoms with Gasteiger partial charge in [0.15, 0.2) is 0 Å². The summed E-state index contributed by atoms with van der Waals surface area (Å²) in [7, 11) is 1.59. The maximum absolute atomic E-state index is 13.0. The molecule has 0 N–H and O–H groups in total. The van der Waals surface area contributed by atoms with Crippen molar-refractivity contribution in [2.75, 3.05) is 7.11 Å². The minimum Gasteiger partial charge on any atom is -0.469 e. The van der Waals surface area contributed by atoms with Crippen molar-refractivity contribution in [1.29, 1.82) is 0 Å². The van der Waals surface area contributed by atoms with Crippen LogP contribution in [0.5, 0.6) is 0 Å². The Balaban J connectivity index is 1.06. The number of allylic oxidation sites excluding steroid dienone is 18. The molecule has 17 aliphatic rings. The smallest absolute Gasteiger partial charge is 0.305 e. The van der Waals surface area contributed by atoms with E-state index in [4.69, 9.17) is 4.74 Å². The summed E-state index contributed by atoms with van der Waals surface area (Å²) in [6.45, 7) is 0. The molecule has 1 aromatic carbocycles. The summed E-state index contributed by atoms with van der Waals surface area (Å²) in [6, 6.07) is 12.1. The molecule has 0 bridgehead atoms. The van der Waals surface area contributed by atoms with Gasteiger partial charge in [-0.3, -0.25) is 4.79 Å². The van der Waals surface area contributed by atoms with Crippen molar-refractivity contribution in [3.8, 4) is 0 Å². The molecule has 54 heavy (non-hydrogen) atoms. The molecular formula is C52H44O2. The van der Waals surface area contributed by atoms with E-state index in [9.17, 15) is 4.79 Å². The first-order valence-electron chi connectivity index (χ1n) is 22.3. The van der Waals surface area contributed by atoms with E-state index >= 15 is 0 Å². The van der Waals surface area contributed by atoms with Crippen LogP contribution in [-0.2, 0) is 14.9 Å². The number of benzene rings is 1. The predicted octanol–water partition coefficient (Wildman–Crippen LogP) is 9.05. The quantitative estimate of drug-likeness (QED) is 0.227. The molecular weight excluding hydrogens is 657 g/mol. The lowest BCUT2D eigenvalue weighted by atomic mass is 9.58. The summed E-state index contributed by atoms with van der Waals surface area (Å²) in [4.78, 5) is 13.0. The van der Waals surface area contributed by atoms with Crippen LogP contribution in [0.25, 0.3) is 0 Å². The third kappa shape index (κ3) is 1.99. The number of methoxy groups -OCH3 is 1. The van der Waals surface area contributed by atoms with Crippen molar-refractivity contribution in [3.05, 3.63) is 140 Å². The summed E-state index contributed by atoms with van der Waals surface area (Å²) >= 11 is 0. The van der Waals surface area contributed by atoms with Gasteiger partial charge in [-0.1, -0.05) is 95.7 Å². The fraction of sp³-hybridized carbons (Fsp3) is 0.519. The van der Waals surface area contributed by atoms with E-state index < -0.39 is 0 Å². The van der Waals surface area contributed by atoms with Gasteiger partial charge >= 0.3 is 5.97 Å². The van der Waals surface area contributed by atoms with Crippen LogP contribution < -0.4 is 0 Å². The number of fused-ring (bicyclic) bond motifs is 5. The first kappa shape index (κ1) is 27.0. The molecule has 0 aromatic heterocycles. The fourth-order valence-corrected chi connectivity index (χ4v) is 22.2. The minimum atomic E-state index is -0.0291. The van der Waals surface area contributed by atoms with Crippen LogP contribution in [-0.4, -0.2) is 13.1 Å². The molecule has 20 atom stereocenters. The highest BCUT2D eigenvalue weighted by molar-refractivity contribution is 5.94. The van der Waals surface area contributed by atoms with Crippen molar-refractivity contribution in [2.45, 2.75) is 37.5 Å². The van der Waals surface area contributed by atoms with Crippen LogP contribution in [0.2, 0.25) is 0 Å². The summed E-state index contributed by atoms with van der Waals surface area (Å²) in [5, 5.41) is 0. The van der Waals surface area contributed by atoms with Crippen molar-refractivity contribution < 1.29 is 9.53 Å². The zero-order valence-electron chi connectivity index (χ0n) is 30.7. The molecule has 0 aliphatic heterocycles.